The number of likely N-dealkylation sites (tertiary alicyclic amines) is 2. The minimum Gasteiger partial charge on any atom is -0.340 e. The summed E-state index contributed by atoms with van der Waals surface area (Å²) in [7, 11) is 0. The fourth-order valence-corrected chi connectivity index (χ4v) is 4.45. The Labute approximate surface area is 160 Å². The maximum absolute atomic E-state index is 13.0. The number of carbonyl (C=O) groups is 2. The molecule has 7 heteroatoms. The van der Waals surface area contributed by atoms with Crippen LogP contribution in [0.15, 0.2) is 17.5 Å². The molecule has 25 heavy (non-hydrogen) atoms. The average Bonchev–Trinajstić information content (AvgIpc) is 3.20. The zero-order valence-corrected chi connectivity index (χ0v) is 16.6. The Morgan fingerprint density at radius 2 is 2.08 bits per heavy atom. The van der Waals surface area contributed by atoms with Crippen molar-refractivity contribution in [2.75, 3.05) is 19.6 Å². The number of rotatable bonds is 3. The molecule has 0 aromatic carbocycles. The van der Waals surface area contributed by atoms with E-state index in [4.69, 9.17) is 5.73 Å². The van der Waals surface area contributed by atoms with Crippen LogP contribution in [0.25, 0.3) is 0 Å². The highest BCUT2D eigenvalue weighted by Gasteiger charge is 2.41. The van der Waals surface area contributed by atoms with Gasteiger partial charge in [-0.05, 0) is 36.1 Å². The second-order valence-electron chi connectivity index (χ2n) is 7.64. The van der Waals surface area contributed by atoms with E-state index in [9.17, 15) is 9.59 Å². The maximum atomic E-state index is 13.0. The SMILES string of the molecule is CC1(C)CN(C(=O)C2CCCN2C(=O)Cc2cccs2)CCC1N.Cl. The minimum absolute atomic E-state index is 0. The third-order valence-electron chi connectivity index (χ3n) is 5.39. The fraction of sp³-hybridized carbons (Fsp3) is 0.667. The topological polar surface area (TPSA) is 66.6 Å². The molecule has 0 aliphatic carbocycles. The van der Waals surface area contributed by atoms with E-state index in [1.165, 1.54) is 0 Å². The van der Waals surface area contributed by atoms with Gasteiger partial charge in [0.1, 0.15) is 6.04 Å². The van der Waals surface area contributed by atoms with Crippen molar-refractivity contribution in [2.45, 2.75) is 51.6 Å². The first kappa shape index (κ1) is 20.2. The van der Waals surface area contributed by atoms with Crippen molar-refractivity contribution in [3.8, 4) is 0 Å². The summed E-state index contributed by atoms with van der Waals surface area (Å²) in [5, 5.41) is 1.98. The lowest BCUT2D eigenvalue weighted by Crippen LogP contribution is -2.57. The van der Waals surface area contributed by atoms with Crippen LogP contribution in [0, 0.1) is 5.41 Å². The number of halogens is 1. The van der Waals surface area contributed by atoms with Crippen LogP contribution in [0.3, 0.4) is 0 Å². The van der Waals surface area contributed by atoms with Crippen molar-refractivity contribution in [1.82, 2.24) is 9.80 Å². The van der Waals surface area contributed by atoms with Gasteiger partial charge in [0.05, 0.1) is 6.42 Å². The summed E-state index contributed by atoms with van der Waals surface area (Å²) < 4.78 is 0. The molecule has 140 valence electrons. The highest BCUT2D eigenvalue weighted by molar-refractivity contribution is 7.10. The smallest absolute Gasteiger partial charge is 0.245 e. The zero-order valence-electron chi connectivity index (χ0n) is 14.9. The van der Waals surface area contributed by atoms with Crippen molar-refractivity contribution in [2.24, 2.45) is 11.1 Å². The van der Waals surface area contributed by atoms with Crippen LogP contribution in [-0.2, 0) is 16.0 Å². The molecule has 3 heterocycles. The van der Waals surface area contributed by atoms with Gasteiger partial charge in [-0.25, -0.2) is 0 Å². The molecule has 2 aliphatic rings. The number of hydrogen-bond acceptors (Lipinski definition) is 4. The second kappa shape index (κ2) is 8.06. The van der Waals surface area contributed by atoms with Gasteiger partial charge in [0, 0.05) is 30.6 Å². The van der Waals surface area contributed by atoms with Crippen LogP contribution >= 0.6 is 23.7 Å². The molecular formula is C18H28ClN3O2S. The predicted molar refractivity (Wildman–Crippen MR) is 103 cm³/mol. The molecule has 5 nitrogen and oxygen atoms in total. The normalized spacial score (nSPS) is 25.6. The second-order valence-corrected chi connectivity index (χ2v) is 8.68. The molecule has 2 N–H and O–H groups in total. The van der Waals surface area contributed by atoms with Crippen LogP contribution in [-0.4, -0.2) is 53.3 Å². The fourth-order valence-electron chi connectivity index (χ4n) is 3.76. The van der Waals surface area contributed by atoms with E-state index in [2.05, 4.69) is 13.8 Å². The third kappa shape index (κ3) is 4.36. The number of amides is 2. The summed E-state index contributed by atoms with van der Waals surface area (Å²) in [5.41, 5.74) is 6.11. The molecule has 2 fully saturated rings. The van der Waals surface area contributed by atoms with Gasteiger partial charge in [-0.2, -0.15) is 0 Å². The molecule has 1 aromatic rings. The van der Waals surface area contributed by atoms with E-state index < -0.39 is 0 Å². The van der Waals surface area contributed by atoms with Crippen LogP contribution in [0.4, 0.5) is 0 Å². The van der Waals surface area contributed by atoms with E-state index >= 15 is 0 Å². The van der Waals surface area contributed by atoms with Gasteiger partial charge >= 0.3 is 0 Å². The van der Waals surface area contributed by atoms with Crippen molar-refractivity contribution in [3.05, 3.63) is 22.4 Å². The molecule has 1 aromatic heterocycles. The Morgan fingerprint density at radius 1 is 1.32 bits per heavy atom. The average molecular weight is 386 g/mol. The number of nitrogens with zero attached hydrogens (tertiary/aromatic N) is 2. The summed E-state index contributed by atoms with van der Waals surface area (Å²) >= 11 is 1.59. The van der Waals surface area contributed by atoms with Gasteiger partial charge in [-0.1, -0.05) is 19.9 Å². The van der Waals surface area contributed by atoms with Crippen LogP contribution in [0.2, 0.25) is 0 Å². The Hall–Kier alpha value is -1.11. The monoisotopic (exact) mass is 385 g/mol. The van der Waals surface area contributed by atoms with E-state index in [1.807, 2.05) is 22.4 Å². The summed E-state index contributed by atoms with van der Waals surface area (Å²) in [4.78, 5) is 30.4. The molecular weight excluding hydrogens is 358 g/mol. The van der Waals surface area contributed by atoms with E-state index in [0.717, 1.165) is 24.1 Å². The molecule has 2 unspecified atom stereocenters. The van der Waals surface area contributed by atoms with Crippen molar-refractivity contribution >= 4 is 35.6 Å². The molecule has 0 radical (unpaired) electrons. The highest BCUT2D eigenvalue weighted by Crippen LogP contribution is 2.30. The lowest BCUT2D eigenvalue weighted by molar-refractivity contribution is -0.145. The molecule has 3 rings (SSSR count). The van der Waals surface area contributed by atoms with Gasteiger partial charge in [-0.3, -0.25) is 9.59 Å². The first-order valence-corrected chi connectivity index (χ1v) is 9.63. The third-order valence-corrected chi connectivity index (χ3v) is 6.26. The molecule has 2 atom stereocenters. The van der Waals surface area contributed by atoms with E-state index in [1.54, 1.807) is 16.2 Å². The molecule has 0 saturated carbocycles. The van der Waals surface area contributed by atoms with E-state index in [0.29, 0.717) is 26.1 Å². The van der Waals surface area contributed by atoms with Crippen LogP contribution in [0.5, 0.6) is 0 Å². The summed E-state index contributed by atoms with van der Waals surface area (Å²) in [6.45, 7) is 6.30. The number of thiophene rings is 1. The van der Waals surface area contributed by atoms with Gasteiger partial charge in [0.2, 0.25) is 11.8 Å². The number of piperidine rings is 1. The quantitative estimate of drug-likeness (QED) is 0.868. The summed E-state index contributed by atoms with van der Waals surface area (Å²) in [6, 6.07) is 3.77. The van der Waals surface area contributed by atoms with Crippen LogP contribution < -0.4 is 5.73 Å². The molecule has 2 saturated heterocycles. The van der Waals surface area contributed by atoms with Gasteiger partial charge in [0.25, 0.3) is 0 Å². The number of carbonyl (C=O) groups excluding carboxylic acids is 2. The standard InChI is InChI=1S/C18H27N3O2S.ClH/c1-18(2)12-20(9-7-15(18)19)17(23)14-6-3-8-21(14)16(22)11-13-5-4-10-24-13;/h4-5,10,14-15H,3,6-9,11-12,19H2,1-2H3;1H. The van der Waals surface area contributed by atoms with Gasteiger partial charge in [0.15, 0.2) is 0 Å². The Balaban J connectivity index is 0.00000225. The Kier molecular flexibility index (Phi) is 6.51. The maximum Gasteiger partial charge on any atom is 0.245 e. The summed E-state index contributed by atoms with van der Waals surface area (Å²) in [6.07, 6.45) is 2.91. The van der Waals surface area contributed by atoms with Gasteiger partial charge < -0.3 is 15.5 Å². The molecule has 2 aliphatic heterocycles. The number of nitrogens with two attached hydrogens (primary N) is 1. The Bertz CT molecular complexity index is 605. The first-order chi connectivity index (χ1) is 11.4. The van der Waals surface area contributed by atoms with Crippen molar-refractivity contribution < 1.29 is 9.59 Å². The lowest BCUT2D eigenvalue weighted by atomic mass is 9.79. The highest BCUT2D eigenvalue weighted by atomic mass is 35.5. The Morgan fingerprint density at radius 3 is 2.72 bits per heavy atom. The van der Waals surface area contributed by atoms with Gasteiger partial charge in [-0.15, -0.1) is 23.7 Å². The molecule has 0 spiro atoms. The summed E-state index contributed by atoms with van der Waals surface area (Å²) in [5.74, 6) is 0.174. The first-order valence-electron chi connectivity index (χ1n) is 8.75. The molecule has 2 amide bonds. The largest absolute Gasteiger partial charge is 0.340 e. The van der Waals surface area contributed by atoms with Crippen molar-refractivity contribution in [3.63, 3.8) is 0 Å². The zero-order chi connectivity index (χ0) is 17.3. The molecule has 0 bridgehead atoms. The number of hydrogen-bond donors (Lipinski definition) is 1. The minimum atomic E-state index is -0.289. The van der Waals surface area contributed by atoms with Crippen molar-refractivity contribution in [1.29, 1.82) is 0 Å². The lowest BCUT2D eigenvalue weighted by Gasteiger charge is -2.44. The van der Waals surface area contributed by atoms with E-state index in [-0.39, 0.29) is 41.7 Å². The van der Waals surface area contributed by atoms with Crippen LogP contribution in [0.1, 0.15) is 38.0 Å². The predicted octanol–water partition coefficient (Wildman–Crippen LogP) is 2.29.